The van der Waals surface area contributed by atoms with Crippen molar-refractivity contribution in [2.24, 2.45) is 5.92 Å². The van der Waals surface area contributed by atoms with Gasteiger partial charge in [-0.2, -0.15) is 0 Å². The fourth-order valence-corrected chi connectivity index (χ4v) is 2.97. The predicted molar refractivity (Wildman–Crippen MR) is 77.8 cm³/mol. The van der Waals surface area contributed by atoms with Crippen molar-refractivity contribution in [2.45, 2.75) is 38.6 Å². The topological polar surface area (TPSA) is 83.8 Å². The van der Waals surface area contributed by atoms with Crippen LogP contribution >= 0.6 is 0 Å². The number of benzene rings is 1. The van der Waals surface area contributed by atoms with Crippen LogP contribution in [0.1, 0.15) is 32.6 Å². The maximum absolute atomic E-state index is 10.8. The Hall–Kier alpha value is -2.11. The monoisotopic (exact) mass is 274 g/mol. The number of nitro benzene ring substituents is 1. The number of H-pyrrole nitrogens is 1. The number of fused-ring (bicyclic) bond motifs is 1. The average Bonchev–Trinajstić information content (AvgIpc) is 3.06. The summed E-state index contributed by atoms with van der Waals surface area (Å²) in [5, 5.41) is 14.1. The second kappa shape index (κ2) is 5.11. The lowest BCUT2D eigenvalue weighted by Crippen LogP contribution is -2.24. The number of hydrogen-bond acceptors (Lipinski definition) is 4. The van der Waals surface area contributed by atoms with E-state index in [9.17, 15) is 10.1 Å². The summed E-state index contributed by atoms with van der Waals surface area (Å²) in [4.78, 5) is 17.9. The fraction of sp³-hybridized carbons (Fsp3) is 0.500. The summed E-state index contributed by atoms with van der Waals surface area (Å²) in [7, 11) is 0. The number of aromatic nitrogens is 2. The number of anilines is 1. The number of nitrogens with zero attached hydrogens (tertiary/aromatic N) is 2. The third-order valence-corrected chi connectivity index (χ3v) is 4.15. The molecule has 3 rings (SSSR count). The number of aromatic amines is 1. The molecule has 1 aromatic heterocycles. The quantitative estimate of drug-likeness (QED) is 0.660. The molecule has 20 heavy (non-hydrogen) atoms. The lowest BCUT2D eigenvalue weighted by Gasteiger charge is -2.19. The fourth-order valence-electron chi connectivity index (χ4n) is 2.97. The Kier molecular flexibility index (Phi) is 3.30. The van der Waals surface area contributed by atoms with Crippen LogP contribution in [-0.4, -0.2) is 20.9 Å². The second-order valence-electron chi connectivity index (χ2n) is 5.52. The van der Waals surface area contributed by atoms with E-state index in [0.717, 1.165) is 5.52 Å². The number of rotatable bonds is 4. The molecule has 1 aromatic carbocycles. The van der Waals surface area contributed by atoms with E-state index in [1.54, 1.807) is 6.07 Å². The Bertz CT molecular complexity index is 631. The van der Waals surface area contributed by atoms with Crippen LogP contribution in [0.4, 0.5) is 11.6 Å². The summed E-state index contributed by atoms with van der Waals surface area (Å²) >= 11 is 0. The molecule has 1 aliphatic carbocycles. The van der Waals surface area contributed by atoms with Crippen LogP contribution in [0.2, 0.25) is 0 Å². The molecule has 6 heteroatoms. The van der Waals surface area contributed by atoms with Gasteiger partial charge in [-0.3, -0.25) is 10.1 Å². The Morgan fingerprint density at radius 1 is 1.45 bits per heavy atom. The Labute approximate surface area is 116 Å². The molecule has 6 nitrogen and oxygen atoms in total. The average molecular weight is 274 g/mol. The van der Waals surface area contributed by atoms with Gasteiger partial charge in [0.05, 0.1) is 16.0 Å². The minimum Gasteiger partial charge on any atom is -0.353 e. The summed E-state index contributed by atoms with van der Waals surface area (Å²) in [5.41, 5.74) is 1.52. The SMILES string of the molecule is CC(Nc1nc2ccc([N+](=O)[O-])cc2[nH]1)C1CCCC1. The minimum atomic E-state index is -0.394. The van der Waals surface area contributed by atoms with Crippen molar-refractivity contribution in [3.05, 3.63) is 28.3 Å². The van der Waals surface area contributed by atoms with Crippen LogP contribution in [0.25, 0.3) is 11.0 Å². The molecule has 1 saturated carbocycles. The predicted octanol–water partition coefficient (Wildman–Crippen LogP) is 3.46. The number of imidazole rings is 1. The van der Waals surface area contributed by atoms with Crippen molar-refractivity contribution < 1.29 is 4.92 Å². The molecular formula is C14H18N4O2. The van der Waals surface area contributed by atoms with Crippen molar-refractivity contribution in [3.63, 3.8) is 0 Å². The molecule has 0 spiro atoms. The summed E-state index contributed by atoms with van der Waals surface area (Å²) < 4.78 is 0. The highest BCUT2D eigenvalue weighted by Crippen LogP contribution is 2.29. The van der Waals surface area contributed by atoms with Crippen LogP contribution in [-0.2, 0) is 0 Å². The van der Waals surface area contributed by atoms with E-state index >= 15 is 0 Å². The molecule has 106 valence electrons. The van der Waals surface area contributed by atoms with E-state index < -0.39 is 4.92 Å². The van der Waals surface area contributed by atoms with Crippen LogP contribution < -0.4 is 5.32 Å². The molecule has 1 heterocycles. The lowest BCUT2D eigenvalue weighted by molar-refractivity contribution is -0.384. The van der Waals surface area contributed by atoms with Gasteiger partial charge in [-0.25, -0.2) is 4.98 Å². The van der Waals surface area contributed by atoms with Gasteiger partial charge < -0.3 is 10.3 Å². The van der Waals surface area contributed by atoms with E-state index in [4.69, 9.17) is 0 Å². The lowest BCUT2D eigenvalue weighted by atomic mass is 10.0. The zero-order valence-electron chi connectivity index (χ0n) is 11.4. The largest absolute Gasteiger partial charge is 0.353 e. The third kappa shape index (κ3) is 2.45. The highest BCUT2D eigenvalue weighted by Gasteiger charge is 2.22. The first-order chi connectivity index (χ1) is 9.63. The van der Waals surface area contributed by atoms with Crippen LogP contribution in [0.15, 0.2) is 18.2 Å². The maximum Gasteiger partial charge on any atom is 0.271 e. The minimum absolute atomic E-state index is 0.0801. The van der Waals surface area contributed by atoms with Crippen molar-refractivity contribution in [3.8, 4) is 0 Å². The molecule has 1 atom stereocenters. The van der Waals surface area contributed by atoms with Gasteiger partial charge in [0.1, 0.15) is 0 Å². The molecule has 1 aliphatic rings. The van der Waals surface area contributed by atoms with E-state index in [1.807, 2.05) is 0 Å². The van der Waals surface area contributed by atoms with E-state index in [2.05, 4.69) is 22.2 Å². The van der Waals surface area contributed by atoms with E-state index in [-0.39, 0.29) is 5.69 Å². The van der Waals surface area contributed by atoms with E-state index in [0.29, 0.717) is 23.4 Å². The molecule has 0 saturated heterocycles. The molecule has 0 bridgehead atoms. The van der Waals surface area contributed by atoms with Crippen LogP contribution in [0.3, 0.4) is 0 Å². The van der Waals surface area contributed by atoms with Crippen molar-refractivity contribution in [1.29, 1.82) is 0 Å². The third-order valence-electron chi connectivity index (χ3n) is 4.15. The van der Waals surface area contributed by atoms with Gasteiger partial charge in [0.2, 0.25) is 5.95 Å². The highest BCUT2D eigenvalue weighted by atomic mass is 16.6. The van der Waals surface area contributed by atoms with Gasteiger partial charge in [-0.1, -0.05) is 12.8 Å². The number of nitro groups is 1. The Morgan fingerprint density at radius 3 is 2.90 bits per heavy atom. The standard InChI is InChI=1S/C14H18N4O2/c1-9(10-4-2-3-5-10)15-14-16-12-7-6-11(18(19)20)8-13(12)17-14/h6-10H,2-5H2,1H3,(H2,15,16,17). The first kappa shape index (κ1) is 12.9. The molecule has 0 amide bonds. The molecule has 2 aromatic rings. The number of nitrogens with one attached hydrogen (secondary N) is 2. The van der Waals surface area contributed by atoms with Crippen molar-refractivity contribution >= 4 is 22.7 Å². The van der Waals surface area contributed by atoms with Gasteiger partial charge in [0.15, 0.2) is 0 Å². The highest BCUT2D eigenvalue weighted by molar-refractivity contribution is 5.79. The molecule has 1 unspecified atom stereocenters. The first-order valence-electron chi connectivity index (χ1n) is 7.04. The van der Waals surface area contributed by atoms with Crippen molar-refractivity contribution in [2.75, 3.05) is 5.32 Å². The molecule has 1 fully saturated rings. The normalized spacial score (nSPS) is 17.4. The Morgan fingerprint density at radius 2 is 2.20 bits per heavy atom. The van der Waals surface area contributed by atoms with Gasteiger partial charge in [-0.15, -0.1) is 0 Å². The Balaban J connectivity index is 1.79. The maximum atomic E-state index is 10.8. The number of non-ortho nitro benzene ring substituents is 1. The second-order valence-corrected chi connectivity index (χ2v) is 5.52. The zero-order valence-corrected chi connectivity index (χ0v) is 11.4. The molecular weight excluding hydrogens is 256 g/mol. The summed E-state index contributed by atoms with van der Waals surface area (Å²) in [6.07, 6.45) is 5.14. The number of hydrogen-bond donors (Lipinski definition) is 2. The molecule has 0 aliphatic heterocycles. The summed E-state index contributed by atoms with van der Waals surface area (Å²) in [5.74, 6) is 1.39. The smallest absolute Gasteiger partial charge is 0.271 e. The summed E-state index contributed by atoms with van der Waals surface area (Å²) in [6, 6.07) is 5.05. The van der Waals surface area contributed by atoms with Crippen LogP contribution in [0.5, 0.6) is 0 Å². The zero-order chi connectivity index (χ0) is 14.1. The van der Waals surface area contributed by atoms with Gasteiger partial charge in [-0.05, 0) is 31.7 Å². The van der Waals surface area contributed by atoms with Crippen LogP contribution in [0, 0.1) is 16.0 Å². The summed E-state index contributed by atoms with van der Waals surface area (Å²) in [6.45, 7) is 2.17. The van der Waals surface area contributed by atoms with Gasteiger partial charge in [0, 0.05) is 18.2 Å². The van der Waals surface area contributed by atoms with Gasteiger partial charge in [0.25, 0.3) is 5.69 Å². The van der Waals surface area contributed by atoms with E-state index in [1.165, 1.54) is 37.8 Å². The molecule has 0 radical (unpaired) electrons. The van der Waals surface area contributed by atoms with Crippen molar-refractivity contribution in [1.82, 2.24) is 9.97 Å². The first-order valence-corrected chi connectivity index (χ1v) is 7.04. The molecule has 2 N–H and O–H groups in total. The van der Waals surface area contributed by atoms with Gasteiger partial charge >= 0.3 is 0 Å².